The largest absolute Gasteiger partial charge is 0.343 e. The number of piperidine rings is 1. The molecular weight excluding hydrogens is 336 g/mol. The molecule has 0 N–H and O–H groups in total. The van der Waals surface area contributed by atoms with Gasteiger partial charge in [-0.1, -0.05) is 54.6 Å². The Labute approximate surface area is 161 Å². The van der Waals surface area contributed by atoms with Gasteiger partial charge in [0.25, 0.3) is 0 Å². The van der Waals surface area contributed by atoms with Crippen LogP contribution in [-0.2, 0) is 21.5 Å². The summed E-state index contributed by atoms with van der Waals surface area (Å²) in [5.74, 6) is 0.220. The van der Waals surface area contributed by atoms with Gasteiger partial charge in [0.2, 0.25) is 11.8 Å². The van der Waals surface area contributed by atoms with E-state index in [0.717, 1.165) is 11.1 Å². The fourth-order valence-corrected chi connectivity index (χ4v) is 4.07. The molecule has 3 rings (SSSR count). The van der Waals surface area contributed by atoms with E-state index in [1.54, 1.807) is 6.92 Å². The highest BCUT2D eigenvalue weighted by atomic mass is 16.2. The van der Waals surface area contributed by atoms with Gasteiger partial charge >= 0.3 is 0 Å². The van der Waals surface area contributed by atoms with E-state index >= 15 is 0 Å². The van der Waals surface area contributed by atoms with Crippen molar-refractivity contribution in [1.29, 1.82) is 0 Å². The molecule has 1 aliphatic rings. The van der Waals surface area contributed by atoms with Crippen molar-refractivity contribution in [2.75, 3.05) is 20.1 Å². The van der Waals surface area contributed by atoms with Crippen LogP contribution in [0.2, 0.25) is 0 Å². The second-order valence-corrected chi connectivity index (χ2v) is 7.54. The minimum absolute atomic E-state index is 0.0809. The summed E-state index contributed by atoms with van der Waals surface area (Å²) in [5, 5.41) is 0. The molecule has 2 aromatic carbocycles. The first kappa shape index (κ1) is 19.2. The molecule has 0 aromatic heterocycles. The van der Waals surface area contributed by atoms with E-state index in [-0.39, 0.29) is 11.8 Å². The predicted molar refractivity (Wildman–Crippen MR) is 107 cm³/mol. The van der Waals surface area contributed by atoms with Crippen molar-refractivity contribution >= 4 is 11.8 Å². The lowest BCUT2D eigenvalue weighted by Crippen LogP contribution is -2.52. The topological polar surface area (TPSA) is 40.6 Å². The highest BCUT2D eigenvalue weighted by Crippen LogP contribution is 2.37. The van der Waals surface area contributed by atoms with E-state index in [1.165, 1.54) is 5.56 Å². The Kier molecular flexibility index (Phi) is 5.64. The molecule has 4 heteroatoms. The zero-order chi connectivity index (χ0) is 19.4. The van der Waals surface area contributed by atoms with Gasteiger partial charge in [-0.25, -0.2) is 0 Å². The van der Waals surface area contributed by atoms with Crippen LogP contribution in [0.5, 0.6) is 0 Å². The highest BCUT2D eigenvalue weighted by molar-refractivity contribution is 5.88. The summed E-state index contributed by atoms with van der Waals surface area (Å²) in [4.78, 5) is 29.1. The number of likely N-dealkylation sites (N-methyl/N-ethyl adjacent to an activating group) is 1. The van der Waals surface area contributed by atoms with Crippen LogP contribution in [0.15, 0.2) is 54.6 Å². The molecule has 4 nitrogen and oxygen atoms in total. The Morgan fingerprint density at radius 2 is 1.59 bits per heavy atom. The van der Waals surface area contributed by atoms with Gasteiger partial charge in [0, 0.05) is 33.6 Å². The van der Waals surface area contributed by atoms with Crippen molar-refractivity contribution in [3.05, 3.63) is 71.3 Å². The molecule has 27 heavy (non-hydrogen) atoms. The molecule has 1 fully saturated rings. The molecule has 2 aromatic rings. The Morgan fingerprint density at radius 3 is 2.19 bits per heavy atom. The lowest BCUT2D eigenvalue weighted by molar-refractivity contribution is -0.141. The summed E-state index contributed by atoms with van der Waals surface area (Å²) >= 11 is 0. The Morgan fingerprint density at radius 1 is 1.00 bits per heavy atom. The first-order chi connectivity index (χ1) is 12.9. The van der Waals surface area contributed by atoms with E-state index in [1.807, 2.05) is 59.3 Å². The van der Waals surface area contributed by atoms with Crippen molar-refractivity contribution in [2.24, 2.45) is 0 Å². The number of hydrogen-bond acceptors (Lipinski definition) is 2. The molecule has 0 bridgehead atoms. The third kappa shape index (κ3) is 3.90. The fraction of sp³-hybridized carbons (Fsp3) is 0.391. The molecule has 0 saturated carbocycles. The molecule has 1 aliphatic heterocycles. The first-order valence-corrected chi connectivity index (χ1v) is 9.55. The average molecular weight is 364 g/mol. The number of nitrogens with zero attached hydrogens (tertiary/aromatic N) is 2. The Bertz CT molecular complexity index is 808. The molecule has 0 atom stereocenters. The maximum Gasteiger partial charge on any atom is 0.233 e. The number of benzene rings is 2. The van der Waals surface area contributed by atoms with Crippen molar-refractivity contribution in [1.82, 2.24) is 9.80 Å². The van der Waals surface area contributed by atoms with Crippen molar-refractivity contribution in [3.63, 3.8) is 0 Å². The van der Waals surface area contributed by atoms with Gasteiger partial charge in [-0.15, -0.1) is 0 Å². The summed E-state index contributed by atoms with van der Waals surface area (Å²) in [6, 6.07) is 18.2. The van der Waals surface area contributed by atoms with Gasteiger partial charge in [0.05, 0.1) is 5.41 Å². The monoisotopic (exact) mass is 364 g/mol. The van der Waals surface area contributed by atoms with Gasteiger partial charge in [-0.05, 0) is 36.5 Å². The van der Waals surface area contributed by atoms with Crippen molar-refractivity contribution in [2.45, 2.75) is 38.6 Å². The van der Waals surface area contributed by atoms with E-state index in [0.29, 0.717) is 32.5 Å². The van der Waals surface area contributed by atoms with E-state index in [4.69, 9.17) is 0 Å². The average Bonchev–Trinajstić information content (AvgIpc) is 2.69. The number of carbonyl (C=O) groups is 2. The zero-order valence-corrected chi connectivity index (χ0v) is 16.4. The summed E-state index contributed by atoms with van der Waals surface area (Å²) in [6.07, 6.45) is 1.32. The van der Waals surface area contributed by atoms with Crippen LogP contribution in [0, 0.1) is 6.92 Å². The Balaban J connectivity index is 1.88. The summed E-state index contributed by atoms with van der Waals surface area (Å²) < 4.78 is 0. The second kappa shape index (κ2) is 7.95. The van der Waals surface area contributed by atoms with Gasteiger partial charge in [-0.2, -0.15) is 0 Å². The number of likely N-dealkylation sites (tertiary alicyclic amines) is 1. The van der Waals surface area contributed by atoms with Crippen LogP contribution in [0.25, 0.3) is 0 Å². The fourth-order valence-electron chi connectivity index (χ4n) is 4.07. The third-order valence-electron chi connectivity index (χ3n) is 5.81. The highest BCUT2D eigenvalue weighted by Gasteiger charge is 2.44. The molecule has 142 valence electrons. The quantitative estimate of drug-likeness (QED) is 0.833. The lowest BCUT2D eigenvalue weighted by Gasteiger charge is -2.42. The van der Waals surface area contributed by atoms with Crippen LogP contribution in [-0.4, -0.2) is 41.8 Å². The molecule has 2 amide bonds. The minimum Gasteiger partial charge on any atom is -0.343 e. The van der Waals surface area contributed by atoms with Crippen molar-refractivity contribution in [3.8, 4) is 0 Å². The number of carbonyl (C=O) groups excluding carboxylic acids is 2. The standard InChI is InChI=1S/C23H28N2O2/c1-18-9-7-8-10-20(18)17-24(3)22(27)23(21-11-5-4-6-12-21)13-15-25(16-14-23)19(2)26/h4-12H,13-17H2,1-3H3. The van der Waals surface area contributed by atoms with Gasteiger partial charge in [-0.3, -0.25) is 9.59 Å². The molecule has 0 spiro atoms. The minimum atomic E-state index is -0.565. The third-order valence-corrected chi connectivity index (χ3v) is 5.81. The zero-order valence-electron chi connectivity index (χ0n) is 16.4. The molecule has 0 unspecified atom stereocenters. The number of rotatable bonds is 4. The van der Waals surface area contributed by atoms with Crippen molar-refractivity contribution < 1.29 is 9.59 Å². The second-order valence-electron chi connectivity index (χ2n) is 7.54. The van der Waals surface area contributed by atoms with Gasteiger partial charge in [0.1, 0.15) is 0 Å². The van der Waals surface area contributed by atoms with E-state index in [9.17, 15) is 9.59 Å². The van der Waals surface area contributed by atoms with Gasteiger partial charge < -0.3 is 9.80 Å². The van der Waals surface area contributed by atoms with Crippen LogP contribution < -0.4 is 0 Å². The van der Waals surface area contributed by atoms with Gasteiger partial charge in [0.15, 0.2) is 0 Å². The number of hydrogen-bond donors (Lipinski definition) is 0. The smallest absolute Gasteiger partial charge is 0.233 e. The first-order valence-electron chi connectivity index (χ1n) is 9.55. The molecule has 0 radical (unpaired) electrons. The normalized spacial score (nSPS) is 16.0. The lowest BCUT2D eigenvalue weighted by atomic mass is 9.71. The Hall–Kier alpha value is -2.62. The molecule has 1 heterocycles. The van der Waals surface area contributed by atoms with Crippen LogP contribution in [0.4, 0.5) is 0 Å². The SMILES string of the molecule is CC(=O)N1CCC(C(=O)N(C)Cc2ccccc2C)(c2ccccc2)CC1. The summed E-state index contributed by atoms with van der Waals surface area (Å²) in [7, 11) is 1.89. The number of amides is 2. The predicted octanol–water partition coefficient (Wildman–Crippen LogP) is 3.53. The van der Waals surface area contributed by atoms with Crippen LogP contribution >= 0.6 is 0 Å². The molecular formula is C23H28N2O2. The molecule has 1 saturated heterocycles. The summed E-state index contributed by atoms with van der Waals surface area (Å²) in [5.41, 5.74) is 2.84. The number of aryl methyl sites for hydroxylation is 1. The van der Waals surface area contributed by atoms with Crippen LogP contribution in [0.3, 0.4) is 0 Å². The summed E-state index contributed by atoms with van der Waals surface area (Å²) in [6.45, 7) is 5.51. The van der Waals surface area contributed by atoms with Crippen LogP contribution in [0.1, 0.15) is 36.5 Å². The molecule has 0 aliphatic carbocycles. The maximum absolute atomic E-state index is 13.6. The van der Waals surface area contributed by atoms with E-state index in [2.05, 4.69) is 19.1 Å². The maximum atomic E-state index is 13.6. The van der Waals surface area contributed by atoms with E-state index < -0.39 is 5.41 Å².